The summed E-state index contributed by atoms with van der Waals surface area (Å²) in [5.41, 5.74) is 0. The topological polar surface area (TPSA) is 0 Å². The molecule has 0 spiro atoms. The fourth-order valence-electron chi connectivity index (χ4n) is 7.48. The van der Waals surface area contributed by atoms with Crippen LogP contribution in [0.25, 0.3) is 0 Å². The van der Waals surface area contributed by atoms with Crippen LogP contribution in [0.2, 0.25) is 0 Å². The Bertz CT molecular complexity index is 441. The second-order valence-electron chi connectivity index (χ2n) is 11.0. The lowest BCUT2D eigenvalue weighted by molar-refractivity contribution is 0.0339. The molecule has 0 heterocycles. The number of hydrogen-bond acceptors (Lipinski definition) is 0. The van der Waals surface area contributed by atoms with Gasteiger partial charge in [0.2, 0.25) is 0 Å². The largest absolute Gasteiger partial charge is 0.247 e. The molecule has 4 aliphatic rings. The third-order valence-corrected chi connectivity index (χ3v) is 10.6. The van der Waals surface area contributed by atoms with Crippen LogP contribution in [-0.4, -0.2) is 10.1 Å². The molecule has 0 aromatic rings. The summed E-state index contributed by atoms with van der Waals surface area (Å²) in [5, 5.41) is 0. The molecule has 4 rings (SSSR count). The lowest BCUT2D eigenvalue weighted by Gasteiger charge is -2.44. The minimum Gasteiger partial charge on any atom is -0.247 e. The molecule has 0 aromatic heterocycles. The predicted octanol–water partition coefficient (Wildman–Crippen LogP) is 8.37. The van der Waals surface area contributed by atoms with Crippen LogP contribution in [0.3, 0.4) is 0 Å². The van der Waals surface area contributed by atoms with E-state index in [4.69, 9.17) is 0 Å². The van der Waals surface area contributed by atoms with E-state index >= 15 is 4.39 Å². The second-order valence-corrected chi connectivity index (χ2v) is 12.7. The highest BCUT2D eigenvalue weighted by atomic mass is 127. The van der Waals surface area contributed by atoms with Crippen LogP contribution in [0.5, 0.6) is 0 Å². The van der Waals surface area contributed by atoms with E-state index in [9.17, 15) is 0 Å². The highest BCUT2D eigenvalue weighted by Crippen LogP contribution is 2.48. The van der Waals surface area contributed by atoms with E-state index in [2.05, 4.69) is 29.5 Å². The van der Waals surface area contributed by atoms with Crippen molar-refractivity contribution >= 4 is 22.6 Å². The van der Waals surface area contributed by atoms with Crippen LogP contribution in [0.4, 0.5) is 4.39 Å². The summed E-state index contributed by atoms with van der Waals surface area (Å²) in [7, 11) is 0. The van der Waals surface area contributed by atoms with E-state index in [1.807, 2.05) is 0 Å². The Balaban J connectivity index is 1.22. The van der Waals surface area contributed by atoms with Gasteiger partial charge in [-0.05, 0) is 125 Å². The van der Waals surface area contributed by atoms with Crippen molar-refractivity contribution in [2.45, 2.75) is 113 Å². The third kappa shape index (κ3) is 5.23. The summed E-state index contributed by atoms with van der Waals surface area (Å²) in [5.74, 6) is 5.69. The van der Waals surface area contributed by atoms with Crippen LogP contribution in [0, 0.1) is 41.4 Å². The first-order valence-corrected chi connectivity index (χ1v) is 13.6. The number of hydrogen-bond donors (Lipinski definition) is 0. The Kier molecular flexibility index (Phi) is 7.47. The van der Waals surface area contributed by atoms with Gasteiger partial charge in [0.1, 0.15) is 6.17 Å². The van der Waals surface area contributed by atoms with Gasteiger partial charge in [0.05, 0.1) is 0 Å². The Morgan fingerprint density at radius 2 is 1.00 bits per heavy atom. The predicted molar refractivity (Wildman–Crippen MR) is 122 cm³/mol. The molecule has 3 unspecified atom stereocenters. The molecule has 4 aliphatic carbocycles. The lowest BCUT2D eigenvalue weighted by Crippen LogP contribution is -2.37. The van der Waals surface area contributed by atoms with Gasteiger partial charge in [0.15, 0.2) is 0 Å². The quantitative estimate of drug-likeness (QED) is 0.277. The summed E-state index contributed by atoms with van der Waals surface area (Å²) in [6.45, 7) is 2.43. The van der Waals surface area contributed by atoms with Gasteiger partial charge in [-0.3, -0.25) is 0 Å². The summed E-state index contributed by atoms with van der Waals surface area (Å²) >= 11 is 2.60. The second kappa shape index (κ2) is 9.65. The van der Waals surface area contributed by atoms with Gasteiger partial charge in [-0.2, -0.15) is 0 Å². The Hall–Kier alpha value is 0.660. The lowest BCUT2D eigenvalue weighted by atomic mass is 9.63. The molecule has 0 nitrogen and oxygen atoms in total. The Labute approximate surface area is 181 Å². The molecule has 0 bridgehead atoms. The van der Waals surface area contributed by atoms with Crippen molar-refractivity contribution < 1.29 is 4.39 Å². The average Bonchev–Trinajstić information content (AvgIpc) is 2.69. The van der Waals surface area contributed by atoms with Crippen LogP contribution < -0.4 is 0 Å². The van der Waals surface area contributed by atoms with Crippen molar-refractivity contribution in [3.63, 3.8) is 0 Å². The summed E-state index contributed by atoms with van der Waals surface area (Å²) in [4.78, 5) is 0. The molecule has 0 saturated heterocycles. The van der Waals surface area contributed by atoms with Crippen molar-refractivity contribution in [1.82, 2.24) is 0 Å². The van der Waals surface area contributed by atoms with Gasteiger partial charge in [-0.25, -0.2) is 4.39 Å². The molecule has 0 amide bonds. The van der Waals surface area contributed by atoms with Crippen molar-refractivity contribution in [2.24, 2.45) is 41.4 Å². The summed E-state index contributed by atoms with van der Waals surface area (Å²) in [6.07, 6.45) is 19.9. The van der Waals surface area contributed by atoms with Crippen molar-refractivity contribution in [3.8, 4) is 0 Å². The summed E-state index contributed by atoms with van der Waals surface area (Å²) in [6, 6.07) is 0. The van der Waals surface area contributed by atoms with Crippen LogP contribution in [-0.2, 0) is 0 Å². The molecule has 4 saturated carbocycles. The van der Waals surface area contributed by atoms with E-state index in [0.717, 1.165) is 34.0 Å². The minimum atomic E-state index is -0.489. The zero-order valence-electron chi connectivity index (χ0n) is 17.6. The van der Waals surface area contributed by atoms with Crippen molar-refractivity contribution in [2.75, 3.05) is 0 Å². The maximum atomic E-state index is 15.1. The van der Waals surface area contributed by atoms with E-state index in [1.54, 1.807) is 0 Å². The smallest absolute Gasteiger partial charge is 0.103 e. The molecule has 27 heavy (non-hydrogen) atoms. The Morgan fingerprint density at radius 1 is 0.556 bits per heavy atom. The van der Waals surface area contributed by atoms with Gasteiger partial charge < -0.3 is 0 Å². The number of halogens is 2. The van der Waals surface area contributed by atoms with Crippen LogP contribution in [0.1, 0.15) is 103 Å². The standard InChI is InChI=1S/C25H42FI/c1-17-2-4-18(5-3-17)19-6-8-20(9-7-19)22-12-15-24(25(26)16-22)21-10-13-23(27)14-11-21/h17-25H,2-16H2,1H3. The molecule has 0 aliphatic heterocycles. The first-order valence-electron chi connectivity index (χ1n) is 12.4. The highest BCUT2D eigenvalue weighted by molar-refractivity contribution is 14.1. The molecule has 4 fully saturated rings. The molecule has 0 N–H and O–H groups in total. The molecular formula is C25H42FI. The average molecular weight is 489 g/mol. The summed E-state index contributed by atoms with van der Waals surface area (Å²) < 4.78 is 16.0. The first kappa shape index (κ1) is 20.9. The SMILES string of the molecule is CC1CCC(C2CCC(C3CCC(C4CCC(I)CC4)C(F)C3)CC2)CC1. The zero-order chi connectivity index (χ0) is 18.8. The number of alkyl halides is 2. The van der Waals surface area contributed by atoms with Gasteiger partial charge in [-0.1, -0.05) is 42.4 Å². The third-order valence-electron chi connectivity index (χ3n) is 9.38. The number of rotatable bonds is 3. The fraction of sp³-hybridized carbons (Fsp3) is 1.00. The maximum Gasteiger partial charge on any atom is 0.103 e. The van der Waals surface area contributed by atoms with Crippen molar-refractivity contribution in [1.29, 1.82) is 0 Å². The van der Waals surface area contributed by atoms with Crippen molar-refractivity contribution in [3.05, 3.63) is 0 Å². The van der Waals surface area contributed by atoms with Crippen LogP contribution >= 0.6 is 22.6 Å². The van der Waals surface area contributed by atoms with E-state index < -0.39 is 6.17 Å². The monoisotopic (exact) mass is 488 g/mol. The normalized spacial score (nSPS) is 49.7. The molecule has 156 valence electrons. The minimum absolute atomic E-state index is 0.408. The van der Waals surface area contributed by atoms with Crippen LogP contribution in [0.15, 0.2) is 0 Å². The first-order chi connectivity index (χ1) is 13.1. The van der Waals surface area contributed by atoms with Gasteiger partial charge in [0.25, 0.3) is 0 Å². The van der Waals surface area contributed by atoms with Gasteiger partial charge in [0, 0.05) is 3.92 Å². The fourth-order valence-corrected chi connectivity index (χ4v) is 8.20. The van der Waals surface area contributed by atoms with E-state index in [-0.39, 0.29) is 0 Å². The van der Waals surface area contributed by atoms with E-state index in [0.29, 0.717) is 17.8 Å². The highest BCUT2D eigenvalue weighted by Gasteiger charge is 2.40. The zero-order valence-corrected chi connectivity index (χ0v) is 19.7. The molecule has 0 aromatic carbocycles. The molecular weight excluding hydrogens is 446 g/mol. The van der Waals surface area contributed by atoms with Gasteiger partial charge in [-0.15, -0.1) is 0 Å². The van der Waals surface area contributed by atoms with Gasteiger partial charge >= 0.3 is 0 Å². The van der Waals surface area contributed by atoms with E-state index in [1.165, 1.54) is 89.9 Å². The molecule has 2 heteroatoms. The maximum absolute atomic E-state index is 15.1. The Morgan fingerprint density at radius 3 is 1.56 bits per heavy atom. The molecule has 3 atom stereocenters. The molecule has 0 radical (unpaired) electrons.